The molecule has 0 saturated heterocycles. The molecule has 4 heteroatoms. The molecule has 2 heterocycles. The number of furan rings is 1. The van der Waals surface area contributed by atoms with Crippen molar-refractivity contribution in [3.8, 4) is 5.75 Å². The maximum atomic E-state index is 5.46. The topological polar surface area (TPSA) is 47.3 Å². The predicted octanol–water partition coefficient (Wildman–Crippen LogP) is 2.80. The largest absolute Gasteiger partial charge is 0.496 e. The zero-order valence-corrected chi connectivity index (χ0v) is 11.9. The smallest absolute Gasteiger partial charge is 0.128 e. The third-order valence-electron chi connectivity index (χ3n) is 3.38. The van der Waals surface area contributed by atoms with E-state index in [9.17, 15) is 0 Å². The Bertz CT molecular complexity index is 535. The van der Waals surface area contributed by atoms with E-state index in [1.54, 1.807) is 13.4 Å². The zero-order chi connectivity index (χ0) is 13.8. The molecule has 0 aromatic carbocycles. The summed E-state index contributed by atoms with van der Waals surface area (Å²) in [6.45, 7) is 4.05. The van der Waals surface area contributed by atoms with Crippen molar-refractivity contribution in [1.29, 1.82) is 0 Å². The standard InChI is InChI=1S/C15H20N2O2/c1-10-9-17-12(11(2)15(10)18-4)8-13(16-3)14-6-5-7-19-14/h5-7,9,13,16H,8H2,1-4H3. The number of nitrogens with zero attached hydrogens (tertiary/aromatic N) is 1. The molecule has 1 N–H and O–H groups in total. The Morgan fingerprint density at radius 3 is 2.79 bits per heavy atom. The Labute approximate surface area is 113 Å². The number of aryl methyl sites for hydroxylation is 1. The van der Waals surface area contributed by atoms with Crippen molar-refractivity contribution in [3.05, 3.63) is 47.2 Å². The average molecular weight is 260 g/mol. The minimum atomic E-state index is 0.119. The Hall–Kier alpha value is -1.81. The van der Waals surface area contributed by atoms with Crippen LogP contribution in [-0.2, 0) is 6.42 Å². The molecular weight excluding hydrogens is 240 g/mol. The maximum absolute atomic E-state index is 5.46. The summed E-state index contributed by atoms with van der Waals surface area (Å²) in [5.74, 6) is 1.84. The second kappa shape index (κ2) is 5.89. The van der Waals surface area contributed by atoms with Gasteiger partial charge in [0.25, 0.3) is 0 Å². The van der Waals surface area contributed by atoms with E-state index in [0.29, 0.717) is 0 Å². The van der Waals surface area contributed by atoms with Gasteiger partial charge >= 0.3 is 0 Å². The Kier molecular flexibility index (Phi) is 4.22. The molecule has 0 saturated carbocycles. The fraction of sp³-hybridized carbons (Fsp3) is 0.400. The number of rotatable bonds is 5. The number of aromatic nitrogens is 1. The second-order valence-electron chi connectivity index (χ2n) is 4.61. The van der Waals surface area contributed by atoms with Crippen LogP contribution in [0.5, 0.6) is 5.75 Å². The molecule has 2 rings (SSSR count). The van der Waals surface area contributed by atoms with E-state index in [2.05, 4.69) is 10.3 Å². The Morgan fingerprint density at radius 2 is 2.21 bits per heavy atom. The van der Waals surface area contributed by atoms with Crippen LogP contribution in [-0.4, -0.2) is 19.1 Å². The van der Waals surface area contributed by atoms with Crippen LogP contribution in [0.25, 0.3) is 0 Å². The lowest BCUT2D eigenvalue weighted by atomic mass is 10.0. The fourth-order valence-corrected chi connectivity index (χ4v) is 2.30. The average Bonchev–Trinajstić information content (AvgIpc) is 2.92. The molecule has 0 aliphatic carbocycles. The van der Waals surface area contributed by atoms with Crippen molar-refractivity contribution in [2.24, 2.45) is 0 Å². The molecule has 1 unspecified atom stereocenters. The molecule has 4 nitrogen and oxygen atoms in total. The van der Waals surface area contributed by atoms with Crippen LogP contribution in [0.2, 0.25) is 0 Å². The molecule has 0 spiro atoms. The van der Waals surface area contributed by atoms with E-state index in [1.165, 1.54) is 0 Å². The van der Waals surface area contributed by atoms with Gasteiger partial charge < -0.3 is 14.5 Å². The molecule has 2 aromatic heterocycles. The normalized spacial score (nSPS) is 12.4. The van der Waals surface area contributed by atoms with Gasteiger partial charge in [-0.1, -0.05) is 0 Å². The molecule has 102 valence electrons. The van der Waals surface area contributed by atoms with E-state index >= 15 is 0 Å². The number of methoxy groups -OCH3 is 1. The molecule has 0 aliphatic rings. The monoisotopic (exact) mass is 260 g/mol. The lowest BCUT2D eigenvalue weighted by Gasteiger charge is -2.17. The van der Waals surface area contributed by atoms with Crippen LogP contribution in [0.15, 0.2) is 29.0 Å². The van der Waals surface area contributed by atoms with E-state index in [0.717, 1.165) is 34.8 Å². The number of hydrogen-bond donors (Lipinski definition) is 1. The van der Waals surface area contributed by atoms with E-state index in [-0.39, 0.29) is 6.04 Å². The summed E-state index contributed by atoms with van der Waals surface area (Å²) in [5.41, 5.74) is 3.18. The molecule has 0 aliphatic heterocycles. The predicted molar refractivity (Wildman–Crippen MR) is 74.5 cm³/mol. The Balaban J connectivity index is 2.28. The van der Waals surface area contributed by atoms with Gasteiger partial charge in [-0.05, 0) is 33.0 Å². The molecule has 1 atom stereocenters. The highest BCUT2D eigenvalue weighted by atomic mass is 16.5. The first-order valence-electron chi connectivity index (χ1n) is 6.37. The number of pyridine rings is 1. The lowest BCUT2D eigenvalue weighted by Crippen LogP contribution is -2.19. The number of ether oxygens (including phenoxy) is 1. The van der Waals surface area contributed by atoms with E-state index in [1.807, 2.05) is 39.2 Å². The number of nitrogens with one attached hydrogen (secondary N) is 1. The zero-order valence-electron chi connectivity index (χ0n) is 11.9. The van der Waals surface area contributed by atoms with Gasteiger partial charge in [-0.3, -0.25) is 4.98 Å². The van der Waals surface area contributed by atoms with Crippen LogP contribution in [0.3, 0.4) is 0 Å². The first-order valence-corrected chi connectivity index (χ1v) is 6.37. The van der Waals surface area contributed by atoms with Gasteiger partial charge in [0.05, 0.1) is 19.4 Å². The van der Waals surface area contributed by atoms with Crippen LogP contribution in [0.1, 0.15) is 28.6 Å². The van der Waals surface area contributed by atoms with Crippen molar-refractivity contribution < 1.29 is 9.15 Å². The van der Waals surface area contributed by atoms with Crippen LogP contribution in [0, 0.1) is 13.8 Å². The lowest BCUT2D eigenvalue weighted by molar-refractivity contribution is 0.403. The highest BCUT2D eigenvalue weighted by Crippen LogP contribution is 2.27. The van der Waals surface area contributed by atoms with Crippen molar-refractivity contribution in [3.63, 3.8) is 0 Å². The summed E-state index contributed by atoms with van der Waals surface area (Å²) < 4.78 is 10.9. The molecule has 2 aromatic rings. The Morgan fingerprint density at radius 1 is 1.42 bits per heavy atom. The third kappa shape index (κ3) is 2.79. The quantitative estimate of drug-likeness (QED) is 0.898. The van der Waals surface area contributed by atoms with Gasteiger partial charge in [-0.15, -0.1) is 0 Å². The summed E-state index contributed by atoms with van der Waals surface area (Å²) in [7, 11) is 3.62. The van der Waals surface area contributed by atoms with Gasteiger partial charge in [0.15, 0.2) is 0 Å². The van der Waals surface area contributed by atoms with Crippen LogP contribution < -0.4 is 10.1 Å². The van der Waals surface area contributed by atoms with E-state index in [4.69, 9.17) is 9.15 Å². The number of hydrogen-bond acceptors (Lipinski definition) is 4. The maximum Gasteiger partial charge on any atom is 0.128 e. The SMILES string of the molecule is CNC(Cc1ncc(C)c(OC)c1C)c1ccco1. The highest BCUT2D eigenvalue weighted by molar-refractivity contribution is 5.41. The molecule has 0 fully saturated rings. The summed E-state index contributed by atoms with van der Waals surface area (Å²) in [6.07, 6.45) is 4.32. The van der Waals surface area contributed by atoms with Gasteiger partial charge in [0, 0.05) is 29.4 Å². The summed E-state index contributed by atoms with van der Waals surface area (Å²) >= 11 is 0. The molecule has 0 amide bonds. The van der Waals surface area contributed by atoms with Crippen LogP contribution in [0.4, 0.5) is 0 Å². The summed E-state index contributed by atoms with van der Waals surface area (Å²) in [6, 6.07) is 3.99. The second-order valence-corrected chi connectivity index (χ2v) is 4.61. The van der Waals surface area contributed by atoms with Gasteiger partial charge in [-0.25, -0.2) is 0 Å². The van der Waals surface area contributed by atoms with Crippen molar-refractivity contribution >= 4 is 0 Å². The summed E-state index contributed by atoms with van der Waals surface area (Å²) in [5, 5.41) is 3.26. The molecule has 19 heavy (non-hydrogen) atoms. The van der Waals surface area contributed by atoms with Gasteiger partial charge in [0.1, 0.15) is 11.5 Å². The third-order valence-corrected chi connectivity index (χ3v) is 3.38. The minimum Gasteiger partial charge on any atom is -0.496 e. The first-order chi connectivity index (χ1) is 9.17. The molecule has 0 bridgehead atoms. The highest BCUT2D eigenvalue weighted by Gasteiger charge is 2.17. The first kappa shape index (κ1) is 13.6. The minimum absolute atomic E-state index is 0.119. The van der Waals surface area contributed by atoms with Crippen molar-refractivity contribution in [1.82, 2.24) is 10.3 Å². The summed E-state index contributed by atoms with van der Waals surface area (Å²) in [4.78, 5) is 4.52. The molecule has 0 radical (unpaired) electrons. The van der Waals surface area contributed by atoms with Gasteiger partial charge in [-0.2, -0.15) is 0 Å². The fourth-order valence-electron chi connectivity index (χ4n) is 2.30. The number of likely N-dealkylation sites (N-methyl/N-ethyl adjacent to an activating group) is 1. The van der Waals surface area contributed by atoms with Gasteiger partial charge in [0.2, 0.25) is 0 Å². The van der Waals surface area contributed by atoms with E-state index < -0.39 is 0 Å². The molecular formula is C15H20N2O2. The van der Waals surface area contributed by atoms with Crippen molar-refractivity contribution in [2.45, 2.75) is 26.3 Å². The van der Waals surface area contributed by atoms with Crippen molar-refractivity contribution in [2.75, 3.05) is 14.2 Å². The van der Waals surface area contributed by atoms with Crippen LogP contribution >= 0.6 is 0 Å².